The lowest BCUT2D eigenvalue weighted by atomic mass is 9.93. The van der Waals surface area contributed by atoms with Crippen LogP contribution in [0.1, 0.15) is 12.5 Å². The van der Waals surface area contributed by atoms with Crippen molar-refractivity contribution in [3.8, 4) is 28.0 Å². The normalized spacial score (nSPS) is 11.0. The Balaban J connectivity index is 2.25. The van der Waals surface area contributed by atoms with Crippen molar-refractivity contribution in [2.45, 2.75) is 6.92 Å². The van der Waals surface area contributed by atoms with Crippen LogP contribution < -0.4 is 0 Å². The molecule has 3 aromatic rings. The number of aromatic hydroxyl groups is 1. The molecule has 0 saturated carbocycles. The van der Waals surface area contributed by atoms with E-state index in [0.717, 1.165) is 16.7 Å². The maximum absolute atomic E-state index is 14.0. The monoisotopic (exact) mass is 304 g/mol. The quantitative estimate of drug-likeness (QED) is 0.639. The fraction of sp³-hybridized carbons (Fsp3) is 0.0476. The molecule has 0 atom stereocenters. The summed E-state index contributed by atoms with van der Waals surface area (Å²) in [6.45, 7) is 1.84. The number of rotatable bonds is 3. The molecule has 0 saturated heterocycles. The van der Waals surface area contributed by atoms with Crippen LogP contribution in [0.25, 0.3) is 28.3 Å². The highest BCUT2D eigenvalue weighted by molar-refractivity contribution is 5.87. The van der Waals surface area contributed by atoms with Gasteiger partial charge in [0.1, 0.15) is 11.6 Å². The Bertz CT molecular complexity index is 851. The third-order valence-corrected chi connectivity index (χ3v) is 3.75. The summed E-state index contributed by atoms with van der Waals surface area (Å²) in [5.74, 6) is -0.276. The van der Waals surface area contributed by atoms with Crippen LogP contribution in [-0.4, -0.2) is 5.11 Å². The molecule has 0 radical (unpaired) electrons. The van der Waals surface area contributed by atoms with Gasteiger partial charge in [0.25, 0.3) is 0 Å². The zero-order valence-electron chi connectivity index (χ0n) is 12.8. The Morgan fingerprint density at radius 2 is 1.48 bits per heavy atom. The lowest BCUT2D eigenvalue weighted by molar-refractivity contribution is 0.474. The van der Waals surface area contributed by atoms with Gasteiger partial charge in [-0.3, -0.25) is 0 Å². The van der Waals surface area contributed by atoms with E-state index in [4.69, 9.17) is 0 Å². The number of hydrogen-bond donors (Lipinski definition) is 1. The van der Waals surface area contributed by atoms with Gasteiger partial charge < -0.3 is 5.11 Å². The summed E-state index contributed by atoms with van der Waals surface area (Å²) in [6, 6.07) is 20.3. The fourth-order valence-electron chi connectivity index (χ4n) is 2.72. The standard InChI is InChI=1S/C21H17FO/c1-2-8-16-13-17(22)14-20(21(16)23)19-12-7-6-11-18(19)15-9-4-3-5-10-15/h2-14,23H,1H3. The molecule has 0 spiro atoms. The van der Waals surface area contributed by atoms with Gasteiger partial charge in [0.2, 0.25) is 0 Å². The van der Waals surface area contributed by atoms with Crippen molar-refractivity contribution in [2.24, 2.45) is 0 Å². The summed E-state index contributed by atoms with van der Waals surface area (Å²) in [5.41, 5.74) is 3.77. The molecule has 3 aromatic carbocycles. The van der Waals surface area contributed by atoms with E-state index in [1.54, 1.807) is 12.2 Å². The maximum Gasteiger partial charge on any atom is 0.130 e. The average molecular weight is 304 g/mol. The summed E-state index contributed by atoms with van der Waals surface area (Å²) in [5, 5.41) is 10.6. The maximum atomic E-state index is 14.0. The molecule has 0 unspecified atom stereocenters. The second-order valence-electron chi connectivity index (χ2n) is 5.30. The Kier molecular flexibility index (Phi) is 4.24. The third-order valence-electron chi connectivity index (χ3n) is 3.75. The van der Waals surface area contributed by atoms with Crippen molar-refractivity contribution in [1.82, 2.24) is 0 Å². The van der Waals surface area contributed by atoms with Gasteiger partial charge in [0.05, 0.1) is 0 Å². The Morgan fingerprint density at radius 1 is 0.826 bits per heavy atom. The molecule has 0 heterocycles. The minimum absolute atomic E-state index is 0.0906. The molecule has 2 heteroatoms. The van der Waals surface area contributed by atoms with E-state index in [1.807, 2.05) is 61.5 Å². The van der Waals surface area contributed by atoms with Gasteiger partial charge in [-0.15, -0.1) is 0 Å². The zero-order valence-corrected chi connectivity index (χ0v) is 12.8. The molecule has 0 aromatic heterocycles. The minimum atomic E-state index is -0.367. The second-order valence-corrected chi connectivity index (χ2v) is 5.30. The Morgan fingerprint density at radius 3 is 2.17 bits per heavy atom. The molecule has 0 fully saturated rings. The van der Waals surface area contributed by atoms with Gasteiger partial charge in [-0.05, 0) is 35.7 Å². The SMILES string of the molecule is CC=Cc1cc(F)cc(-c2ccccc2-c2ccccc2)c1O. The van der Waals surface area contributed by atoms with Crippen molar-refractivity contribution >= 4 is 6.08 Å². The van der Waals surface area contributed by atoms with E-state index in [0.29, 0.717) is 11.1 Å². The van der Waals surface area contributed by atoms with Crippen molar-refractivity contribution in [1.29, 1.82) is 0 Å². The van der Waals surface area contributed by atoms with E-state index in [2.05, 4.69) is 0 Å². The first-order chi connectivity index (χ1) is 11.2. The molecule has 3 rings (SSSR count). The van der Waals surface area contributed by atoms with Gasteiger partial charge >= 0.3 is 0 Å². The first-order valence-electron chi connectivity index (χ1n) is 7.50. The molecule has 23 heavy (non-hydrogen) atoms. The van der Waals surface area contributed by atoms with Crippen molar-refractivity contribution in [3.63, 3.8) is 0 Å². The van der Waals surface area contributed by atoms with Crippen LogP contribution in [0.3, 0.4) is 0 Å². The number of halogens is 1. The van der Waals surface area contributed by atoms with Gasteiger partial charge in [-0.1, -0.05) is 66.7 Å². The number of allylic oxidation sites excluding steroid dienone is 1. The summed E-state index contributed by atoms with van der Waals surface area (Å²) in [6.07, 6.45) is 3.48. The molecule has 0 bridgehead atoms. The van der Waals surface area contributed by atoms with E-state index >= 15 is 0 Å². The van der Waals surface area contributed by atoms with Crippen LogP contribution in [0, 0.1) is 5.82 Å². The smallest absolute Gasteiger partial charge is 0.130 e. The number of phenolic OH excluding ortho intramolecular Hbond substituents is 1. The predicted molar refractivity (Wildman–Crippen MR) is 93.6 cm³/mol. The summed E-state index contributed by atoms with van der Waals surface area (Å²) in [4.78, 5) is 0. The summed E-state index contributed by atoms with van der Waals surface area (Å²) in [7, 11) is 0. The lowest BCUT2D eigenvalue weighted by Gasteiger charge is -2.13. The van der Waals surface area contributed by atoms with Crippen molar-refractivity contribution < 1.29 is 9.50 Å². The van der Waals surface area contributed by atoms with Crippen LogP contribution in [-0.2, 0) is 0 Å². The van der Waals surface area contributed by atoms with E-state index in [-0.39, 0.29) is 11.6 Å². The van der Waals surface area contributed by atoms with E-state index < -0.39 is 0 Å². The molecule has 0 aliphatic carbocycles. The van der Waals surface area contributed by atoms with Crippen LogP contribution in [0.15, 0.2) is 72.8 Å². The first kappa shape index (κ1) is 15.0. The highest BCUT2D eigenvalue weighted by Crippen LogP contribution is 2.39. The molecule has 0 aliphatic heterocycles. The molecular weight excluding hydrogens is 287 g/mol. The predicted octanol–water partition coefficient (Wildman–Crippen LogP) is 5.90. The van der Waals surface area contributed by atoms with Crippen molar-refractivity contribution in [2.75, 3.05) is 0 Å². The molecule has 0 aliphatic rings. The second kappa shape index (κ2) is 6.49. The minimum Gasteiger partial charge on any atom is -0.507 e. The molecule has 1 N–H and O–H groups in total. The van der Waals surface area contributed by atoms with Gasteiger partial charge in [-0.2, -0.15) is 0 Å². The zero-order chi connectivity index (χ0) is 16.2. The molecule has 0 amide bonds. The van der Waals surface area contributed by atoms with E-state index in [1.165, 1.54) is 12.1 Å². The third kappa shape index (κ3) is 3.02. The Hall–Kier alpha value is -2.87. The van der Waals surface area contributed by atoms with Crippen LogP contribution in [0.5, 0.6) is 5.75 Å². The van der Waals surface area contributed by atoms with Crippen LogP contribution >= 0.6 is 0 Å². The number of hydrogen-bond acceptors (Lipinski definition) is 1. The topological polar surface area (TPSA) is 20.2 Å². The highest BCUT2D eigenvalue weighted by atomic mass is 19.1. The van der Waals surface area contributed by atoms with Gasteiger partial charge in [0, 0.05) is 11.1 Å². The number of phenols is 1. The fourth-order valence-corrected chi connectivity index (χ4v) is 2.72. The molecule has 1 nitrogen and oxygen atoms in total. The molecular formula is C21H17FO. The Labute approximate surface area is 135 Å². The molecule has 114 valence electrons. The number of benzene rings is 3. The van der Waals surface area contributed by atoms with Gasteiger partial charge in [0.15, 0.2) is 0 Å². The van der Waals surface area contributed by atoms with E-state index in [9.17, 15) is 9.50 Å². The van der Waals surface area contributed by atoms with Crippen LogP contribution in [0.4, 0.5) is 4.39 Å². The largest absolute Gasteiger partial charge is 0.507 e. The summed E-state index contributed by atoms with van der Waals surface area (Å²) >= 11 is 0. The highest BCUT2D eigenvalue weighted by Gasteiger charge is 2.14. The summed E-state index contributed by atoms with van der Waals surface area (Å²) < 4.78 is 14.0. The average Bonchev–Trinajstić information content (AvgIpc) is 2.59. The van der Waals surface area contributed by atoms with Crippen LogP contribution in [0.2, 0.25) is 0 Å². The lowest BCUT2D eigenvalue weighted by Crippen LogP contribution is -1.89. The first-order valence-corrected chi connectivity index (χ1v) is 7.50. The van der Waals surface area contributed by atoms with Gasteiger partial charge in [-0.25, -0.2) is 4.39 Å². The van der Waals surface area contributed by atoms with Crippen molar-refractivity contribution in [3.05, 3.63) is 84.2 Å².